The van der Waals surface area contributed by atoms with Crippen LogP contribution in [0.1, 0.15) is 42.6 Å². The van der Waals surface area contributed by atoms with Crippen molar-refractivity contribution in [3.05, 3.63) is 29.3 Å². The Morgan fingerprint density at radius 2 is 2.00 bits per heavy atom. The lowest BCUT2D eigenvalue weighted by Gasteiger charge is -2.20. The summed E-state index contributed by atoms with van der Waals surface area (Å²) in [7, 11) is 0. The molecule has 1 aromatic carbocycles. The lowest BCUT2D eigenvalue weighted by molar-refractivity contribution is -0.137. The molecule has 1 amide bonds. The zero-order chi connectivity index (χ0) is 15.8. The van der Waals surface area contributed by atoms with E-state index in [9.17, 15) is 18.0 Å². The zero-order valence-electron chi connectivity index (χ0n) is 12.1. The number of carbonyl (C=O) groups excluding carboxylic acids is 1. The Bertz CT molecular complexity index is 548. The first-order valence-corrected chi connectivity index (χ1v) is 6.91. The molecular formula is C15H19F3N2O. The molecule has 0 aromatic heterocycles. The minimum Gasteiger partial charge on any atom is -0.398 e. The number of nitrogen functional groups attached to an aromatic ring is 1. The molecule has 1 aliphatic rings. The van der Waals surface area contributed by atoms with E-state index in [1.54, 1.807) is 0 Å². The van der Waals surface area contributed by atoms with Crippen LogP contribution >= 0.6 is 0 Å². The third-order valence-electron chi connectivity index (χ3n) is 4.34. The van der Waals surface area contributed by atoms with Crippen molar-refractivity contribution in [2.45, 2.75) is 32.9 Å². The zero-order valence-corrected chi connectivity index (χ0v) is 12.1. The predicted molar refractivity (Wildman–Crippen MR) is 74.7 cm³/mol. The van der Waals surface area contributed by atoms with E-state index >= 15 is 0 Å². The molecule has 116 valence electrons. The fourth-order valence-electron chi connectivity index (χ4n) is 2.40. The maximum Gasteiger partial charge on any atom is 0.416 e. The molecule has 1 fully saturated rings. The second-order valence-corrected chi connectivity index (χ2v) is 6.00. The number of carbonyl (C=O) groups is 1. The number of benzene rings is 1. The molecule has 0 heterocycles. The van der Waals surface area contributed by atoms with Crippen LogP contribution in [0.15, 0.2) is 18.2 Å². The molecule has 6 heteroatoms. The number of alkyl halides is 3. The molecule has 0 atom stereocenters. The average Bonchev–Trinajstić information content (AvgIpc) is 3.16. The molecule has 1 aliphatic carbocycles. The minimum atomic E-state index is -4.49. The van der Waals surface area contributed by atoms with Gasteiger partial charge in [0, 0.05) is 12.2 Å². The molecule has 0 bridgehead atoms. The van der Waals surface area contributed by atoms with Crippen molar-refractivity contribution in [2.24, 2.45) is 11.3 Å². The van der Waals surface area contributed by atoms with Crippen LogP contribution < -0.4 is 11.1 Å². The molecule has 1 aromatic rings. The SMILES string of the molecule is CC(C)C1(CNC(=O)c2cc(C(F)(F)F)ccc2N)CC1. The minimum absolute atomic E-state index is 0.0508. The van der Waals surface area contributed by atoms with Gasteiger partial charge >= 0.3 is 6.18 Å². The molecule has 3 N–H and O–H groups in total. The molecule has 2 rings (SSSR count). The van der Waals surface area contributed by atoms with Crippen molar-refractivity contribution in [3.63, 3.8) is 0 Å². The standard InChI is InChI=1S/C15H19F3N2O/c1-9(2)14(5-6-14)8-20-13(21)11-7-10(15(16,17)18)3-4-12(11)19/h3-4,7,9H,5-6,8,19H2,1-2H3,(H,20,21). The van der Waals surface area contributed by atoms with Gasteiger partial charge in [-0.05, 0) is 42.4 Å². The summed E-state index contributed by atoms with van der Waals surface area (Å²) in [6, 6.07) is 2.80. The van der Waals surface area contributed by atoms with Crippen LogP contribution in [0, 0.1) is 11.3 Å². The first-order valence-electron chi connectivity index (χ1n) is 6.91. The summed E-state index contributed by atoms with van der Waals surface area (Å²) in [6.45, 7) is 4.63. The molecule has 1 saturated carbocycles. The lowest BCUT2D eigenvalue weighted by atomic mass is 9.92. The summed E-state index contributed by atoms with van der Waals surface area (Å²) >= 11 is 0. The number of rotatable bonds is 4. The Labute approximate surface area is 121 Å². The first kappa shape index (κ1) is 15.7. The van der Waals surface area contributed by atoms with Crippen molar-refractivity contribution in [2.75, 3.05) is 12.3 Å². The number of nitrogens with two attached hydrogens (primary N) is 1. The van der Waals surface area contributed by atoms with Gasteiger partial charge in [0.05, 0.1) is 11.1 Å². The fraction of sp³-hybridized carbons (Fsp3) is 0.533. The molecule has 0 radical (unpaired) electrons. The highest BCUT2D eigenvalue weighted by molar-refractivity contribution is 5.99. The normalized spacial score (nSPS) is 16.9. The van der Waals surface area contributed by atoms with Gasteiger partial charge in [-0.25, -0.2) is 0 Å². The quantitative estimate of drug-likeness (QED) is 0.837. The smallest absolute Gasteiger partial charge is 0.398 e. The highest BCUT2D eigenvalue weighted by atomic mass is 19.4. The van der Waals surface area contributed by atoms with Crippen LogP contribution in [-0.2, 0) is 6.18 Å². The van der Waals surface area contributed by atoms with Gasteiger partial charge in [-0.15, -0.1) is 0 Å². The molecule has 0 unspecified atom stereocenters. The first-order chi connectivity index (χ1) is 9.66. The van der Waals surface area contributed by atoms with E-state index in [1.165, 1.54) is 0 Å². The summed E-state index contributed by atoms with van der Waals surface area (Å²) in [5, 5.41) is 2.72. The van der Waals surface area contributed by atoms with E-state index in [4.69, 9.17) is 5.73 Å². The molecule has 0 saturated heterocycles. The summed E-state index contributed by atoms with van der Waals surface area (Å²) in [5.74, 6) is -0.123. The summed E-state index contributed by atoms with van der Waals surface area (Å²) < 4.78 is 38.0. The number of hydrogen-bond donors (Lipinski definition) is 2. The topological polar surface area (TPSA) is 55.1 Å². The van der Waals surface area contributed by atoms with Crippen LogP contribution in [-0.4, -0.2) is 12.5 Å². The molecule has 3 nitrogen and oxygen atoms in total. The Balaban J connectivity index is 2.12. The number of amides is 1. The Hall–Kier alpha value is -1.72. The number of hydrogen-bond acceptors (Lipinski definition) is 2. The van der Waals surface area contributed by atoms with E-state index in [0.29, 0.717) is 12.5 Å². The second kappa shape index (κ2) is 5.24. The van der Waals surface area contributed by atoms with Crippen LogP contribution in [0.25, 0.3) is 0 Å². The van der Waals surface area contributed by atoms with Crippen molar-refractivity contribution < 1.29 is 18.0 Å². The van der Waals surface area contributed by atoms with Crippen molar-refractivity contribution in [3.8, 4) is 0 Å². The van der Waals surface area contributed by atoms with Crippen LogP contribution in [0.3, 0.4) is 0 Å². The Morgan fingerprint density at radius 3 is 2.48 bits per heavy atom. The van der Waals surface area contributed by atoms with Gasteiger partial charge in [-0.2, -0.15) is 13.2 Å². The van der Waals surface area contributed by atoms with Crippen molar-refractivity contribution >= 4 is 11.6 Å². The third kappa shape index (κ3) is 3.31. The number of anilines is 1. The van der Waals surface area contributed by atoms with Gasteiger partial charge < -0.3 is 11.1 Å². The van der Waals surface area contributed by atoms with Gasteiger partial charge in [0.1, 0.15) is 0 Å². The van der Waals surface area contributed by atoms with Gasteiger partial charge in [0.15, 0.2) is 0 Å². The third-order valence-corrected chi connectivity index (χ3v) is 4.34. The van der Waals surface area contributed by atoms with E-state index < -0.39 is 17.6 Å². The van der Waals surface area contributed by atoms with E-state index in [1.807, 2.05) is 0 Å². The average molecular weight is 300 g/mol. The highest BCUT2D eigenvalue weighted by Gasteiger charge is 2.45. The van der Waals surface area contributed by atoms with Crippen molar-refractivity contribution in [1.29, 1.82) is 0 Å². The molecular weight excluding hydrogens is 281 g/mol. The highest BCUT2D eigenvalue weighted by Crippen LogP contribution is 2.51. The molecule has 21 heavy (non-hydrogen) atoms. The lowest BCUT2D eigenvalue weighted by Crippen LogP contribution is -2.33. The van der Waals surface area contributed by atoms with Gasteiger partial charge in [0.25, 0.3) is 5.91 Å². The number of halogens is 3. The van der Waals surface area contributed by atoms with Crippen molar-refractivity contribution in [1.82, 2.24) is 5.32 Å². The Kier molecular flexibility index (Phi) is 3.91. The van der Waals surface area contributed by atoms with E-state index in [0.717, 1.165) is 31.0 Å². The van der Waals surface area contributed by atoms with Gasteiger partial charge in [-0.1, -0.05) is 13.8 Å². The molecule has 0 aliphatic heterocycles. The van der Waals surface area contributed by atoms with Crippen LogP contribution in [0.5, 0.6) is 0 Å². The summed E-state index contributed by atoms with van der Waals surface area (Å²) in [6.07, 6.45) is -2.43. The van der Waals surface area contributed by atoms with Crippen LogP contribution in [0.2, 0.25) is 0 Å². The van der Waals surface area contributed by atoms with E-state index in [2.05, 4.69) is 19.2 Å². The fourth-order valence-corrected chi connectivity index (χ4v) is 2.40. The molecule has 0 spiro atoms. The summed E-state index contributed by atoms with van der Waals surface area (Å²) in [4.78, 5) is 12.1. The van der Waals surface area contributed by atoms with Crippen LogP contribution in [0.4, 0.5) is 18.9 Å². The second-order valence-electron chi connectivity index (χ2n) is 6.00. The van der Waals surface area contributed by atoms with Gasteiger partial charge in [0.2, 0.25) is 0 Å². The van der Waals surface area contributed by atoms with E-state index in [-0.39, 0.29) is 16.7 Å². The number of nitrogens with one attached hydrogen (secondary N) is 1. The predicted octanol–water partition coefficient (Wildman–Crippen LogP) is 3.45. The Morgan fingerprint density at radius 1 is 1.38 bits per heavy atom. The maximum atomic E-state index is 12.7. The summed E-state index contributed by atoms with van der Waals surface area (Å²) in [5.41, 5.74) is 4.77. The largest absolute Gasteiger partial charge is 0.416 e. The van der Waals surface area contributed by atoms with Gasteiger partial charge in [-0.3, -0.25) is 4.79 Å². The monoisotopic (exact) mass is 300 g/mol. The maximum absolute atomic E-state index is 12.7.